The molecule has 0 saturated heterocycles. The summed E-state index contributed by atoms with van der Waals surface area (Å²) >= 11 is 3.44. The topological polar surface area (TPSA) is 46.2 Å². The predicted molar refractivity (Wildman–Crippen MR) is 84.2 cm³/mol. The van der Waals surface area contributed by atoms with Crippen LogP contribution >= 0.6 is 15.9 Å². The first-order valence-corrected chi connectivity index (χ1v) is 9.26. The van der Waals surface area contributed by atoms with Gasteiger partial charge < -0.3 is 5.32 Å². The van der Waals surface area contributed by atoms with Gasteiger partial charge in [0.2, 0.25) is 0 Å². The van der Waals surface area contributed by atoms with Crippen LogP contribution in [0.25, 0.3) is 0 Å². The lowest BCUT2D eigenvalue weighted by Gasteiger charge is -2.24. The maximum absolute atomic E-state index is 11.7. The summed E-state index contributed by atoms with van der Waals surface area (Å²) in [6.07, 6.45) is 3.01. The van der Waals surface area contributed by atoms with Gasteiger partial charge >= 0.3 is 0 Å². The van der Waals surface area contributed by atoms with Gasteiger partial charge in [-0.3, -0.25) is 0 Å². The second-order valence-electron chi connectivity index (χ2n) is 4.93. The van der Waals surface area contributed by atoms with Crippen molar-refractivity contribution < 1.29 is 8.42 Å². The summed E-state index contributed by atoms with van der Waals surface area (Å²) in [7, 11) is -3.04. The van der Waals surface area contributed by atoms with Crippen molar-refractivity contribution in [2.24, 2.45) is 0 Å². The number of benzene rings is 1. The zero-order valence-corrected chi connectivity index (χ0v) is 14.1. The molecule has 2 atom stereocenters. The maximum Gasteiger partial charge on any atom is 0.151 e. The van der Waals surface area contributed by atoms with Crippen molar-refractivity contribution in [3.8, 4) is 0 Å². The van der Waals surface area contributed by atoms with Crippen molar-refractivity contribution in [1.29, 1.82) is 0 Å². The van der Waals surface area contributed by atoms with Crippen LogP contribution in [0.1, 0.15) is 25.8 Å². The van der Waals surface area contributed by atoms with Crippen LogP contribution < -0.4 is 5.32 Å². The van der Waals surface area contributed by atoms with Crippen molar-refractivity contribution in [3.63, 3.8) is 0 Å². The van der Waals surface area contributed by atoms with E-state index < -0.39 is 15.1 Å². The van der Waals surface area contributed by atoms with Crippen LogP contribution in [-0.4, -0.2) is 32.5 Å². The molecule has 0 aliphatic heterocycles. The highest BCUT2D eigenvalue weighted by molar-refractivity contribution is 9.10. The lowest BCUT2D eigenvalue weighted by molar-refractivity contribution is 0.482. The third kappa shape index (κ3) is 5.63. The van der Waals surface area contributed by atoms with Gasteiger partial charge in [-0.05, 0) is 44.0 Å². The van der Waals surface area contributed by atoms with Crippen molar-refractivity contribution in [3.05, 3.63) is 34.3 Å². The summed E-state index contributed by atoms with van der Waals surface area (Å²) in [6, 6.07) is 7.96. The third-order valence-corrected chi connectivity index (χ3v) is 5.42. The standard InChI is InChI=1S/C14H22BrNO2S/c1-4-8-16-14(11(2)19(3,17)18)10-12-6-5-7-13(15)9-12/h5-7,9,11,14,16H,4,8,10H2,1-3H3. The van der Waals surface area contributed by atoms with Gasteiger partial charge in [0.1, 0.15) is 0 Å². The van der Waals surface area contributed by atoms with E-state index in [1.807, 2.05) is 24.3 Å². The maximum atomic E-state index is 11.7. The Kier molecular flexibility index (Phi) is 6.50. The minimum Gasteiger partial charge on any atom is -0.312 e. The van der Waals surface area contributed by atoms with Crippen LogP contribution in [0.3, 0.4) is 0 Å². The van der Waals surface area contributed by atoms with Crippen molar-refractivity contribution >= 4 is 25.8 Å². The molecule has 0 amide bonds. The van der Waals surface area contributed by atoms with E-state index in [9.17, 15) is 8.42 Å². The largest absolute Gasteiger partial charge is 0.312 e. The van der Waals surface area contributed by atoms with Crippen LogP contribution in [0.15, 0.2) is 28.7 Å². The Hall–Kier alpha value is -0.390. The van der Waals surface area contributed by atoms with Crippen LogP contribution in [0.2, 0.25) is 0 Å². The molecule has 0 aliphatic rings. The van der Waals surface area contributed by atoms with Crippen molar-refractivity contribution in [2.75, 3.05) is 12.8 Å². The highest BCUT2D eigenvalue weighted by atomic mass is 79.9. The first kappa shape index (κ1) is 16.7. The van der Waals surface area contributed by atoms with E-state index >= 15 is 0 Å². The van der Waals surface area contributed by atoms with E-state index in [1.54, 1.807) is 6.92 Å². The molecule has 1 rings (SSSR count). The van der Waals surface area contributed by atoms with Crippen LogP contribution in [-0.2, 0) is 16.3 Å². The Morgan fingerprint density at radius 1 is 1.37 bits per heavy atom. The molecular formula is C14H22BrNO2S. The van der Waals surface area contributed by atoms with Gasteiger partial charge in [0.15, 0.2) is 9.84 Å². The highest BCUT2D eigenvalue weighted by Gasteiger charge is 2.25. The Morgan fingerprint density at radius 3 is 2.58 bits per heavy atom. The van der Waals surface area contributed by atoms with Crippen molar-refractivity contribution in [2.45, 2.75) is 38.0 Å². The first-order valence-electron chi connectivity index (χ1n) is 6.51. The zero-order chi connectivity index (χ0) is 14.5. The Bertz CT molecular complexity index is 502. The minimum atomic E-state index is -3.04. The number of rotatable bonds is 7. The molecule has 3 nitrogen and oxygen atoms in total. The molecule has 1 aromatic carbocycles. The first-order chi connectivity index (χ1) is 8.84. The highest BCUT2D eigenvalue weighted by Crippen LogP contribution is 2.16. The summed E-state index contributed by atoms with van der Waals surface area (Å²) in [5.41, 5.74) is 1.14. The molecule has 2 unspecified atom stereocenters. The predicted octanol–water partition coefficient (Wildman–Crippen LogP) is 2.79. The van der Waals surface area contributed by atoms with Crippen molar-refractivity contribution in [1.82, 2.24) is 5.32 Å². The molecule has 0 aliphatic carbocycles. The molecule has 0 spiro atoms. The lowest BCUT2D eigenvalue weighted by Crippen LogP contribution is -2.44. The lowest BCUT2D eigenvalue weighted by atomic mass is 10.0. The summed E-state index contributed by atoms with van der Waals surface area (Å²) in [4.78, 5) is 0. The SMILES string of the molecule is CCCNC(Cc1cccc(Br)c1)C(C)S(C)(=O)=O. The average Bonchev–Trinajstić information content (AvgIpc) is 2.32. The molecule has 19 heavy (non-hydrogen) atoms. The molecule has 108 valence electrons. The summed E-state index contributed by atoms with van der Waals surface area (Å²) in [6.45, 7) is 4.69. The fourth-order valence-electron chi connectivity index (χ4n) is 1.95. The minimum absolute atomic E-state index is 0.0516. The van der Waals surface area contributed by atoms with E-state index in [-0.39, 0.29) is 6.04 Å². The second-order valence-corrected chi connectivity index (χ2v) is 8.25. The molecule has 0 saturated carbocycles. The number of nitrogens with one attached hydrogen (secondary N) is 1. The van der Waals surface area contributed by atoms with Gasteiger partial charge in [-0.1, -0.05) is 35.0 Å². The fraction of sp³-hybridized carbons (Fsp3) is 0.571. The molecule has 0 aromatic heterocycles. The van der Waals surface area contributed by atoms with E-state index in [0.29, 0.717) is 6.42 Å². The molecule has 0 fully saturated rings. The van der Waals surface area contributed by atoms with Crippen LogP contribution in [0.4, 0.5) is 0 Å². The zero-order valence-electron chi connectivity index (χ0n) is 11.7. The van der Waals surface area contributed by atoms with Gasteiger partial charge in [0, 0.05) is 16.8 Å². The van der Waals surface area contributed by atoms with E-state index in [0.717, 1.165) is 23.0 Å². The van der Waals surface area contributed by atoms with E-state index in [2.05, 4.69) is 28.2 Å². The van der Waals surface area contributed by atoms with Gasteiger partial charge in [-0.25, -0.2) is 8.42 Å². The summed E-state index contributed by atoms with van der Waals surface area (Å²) in [5.74, 6) is 0. The average molecular weight is 348 g/mol. The second kappa shape index (κ2) is 7.41. The molecular weight excluding hydrogens is 326 g/mol. The van der Waals surface area contributed by atoms with Gasteiger partial charge in [0.05, 0.1) is 5.25 Å². The van der Waals surface area contributed by atoms with Gasteiger partial charge in [-0.2, -0.15) is 0 Å². The number of halogens is 1. The Balaban J connectivity index is 2.85. The van der Waals surface area contributed by atoms with Crippen LogP contribution in [0, 0.1) is 0 Å². The molecule has 5 heteroatoms. The summed E-state index contributed by atoms with van der Waals surface area (Å²) in [5, 5.41) is 2.96. The third-order valence-electron chi connectivity index (χ3n) is 3.24. The normalized spacial score (nSPS) is 15.2. The quantitative estimate of drug-likeness (QED) is 0.824. The molecule has 1 aromatic rings. The molecule has 1 N–H and O–H groups in total. The van der Waals surface area contributed by atoms with E-state index in [1.165, 1.54) is 6.26 Å². The van der Waals surface area contributed by atoms with E-state index in [4.69, 9.17) is 0 Å². The molecule has 0 heterocycles. The van der Waals surface area contributed by atoms with Gasteiger partial charge in [0.25, 0.3) is 0 Å². The number of hydrogen-bond donors (Lipinski definition) is 1. The fourth-order valence-corrected chi connectivity index (χ4v) is 3.19. The smallest absolute Gasteiger partial charge is 0.151 e. The summed E-state index contributed by atoms with van der Waals surface area (Å²) < 4.78 is 24.5. The molecule has 0 radical (unpaired) electrons. The molecule has 0 bridgehead atoms. The number of sulfone groups is 1. The number of hydrogen-bond acceptors (Lipinski definition) is 3. The Morgan fingerprint density at radius 2 is 2.05 bits per heavy atom. The van der Waals surface area contributed by atoms with Gasteiger partial charge in [-0.15, -0.1) is 0 Å². The monoisotopic (exact) mass is 347 g/mol. The Labute approximate surface area is 124 Å². The van der Waals surface area contributed by atoms with Crippen LogP contribution in [0.5, 0.6) is 0 Å².